The molecule has 3 heteroatoms. The summed E-state index contributed by atoms with van der Waals surface area (Å²) in [5.74, 6) is 0.278. The Morgan fingerprint density at radius 2 is 1.65 bits per heavy atom. The molecule has 2 saturated heterocycles. The monoisotopic (exact) mass is 272 g/mol. The van der Waals surface area contributed by atoms with Gasteiger partial charge in [-0.15, -0.1) is 0 Å². The van der Waals surface area contributed by atoms with E-state index >= 15 is 0 Å². The van der Waals surface area contributed by atoms with Gasteiger partial charge in [-0.25, -0.2) is 0 Å². The molecule has 0 amide bonds. The van der Waals surface area contributed by atoms with Gasteiger partial charge in [0.15, 0.2) is 0 Å². The summed E-state index contributed by atoms with van der Waals surface area (Å²) in [5.41, 5.74) is 2.72. The predicted molar refractivity (Wildman–Crippen MR) is 82.0 cm³/mol. The maximum absolute atomic E-state index is 10.8. The molecule has 3 nitrogen and oxygen atoms in total. The van der Waals surface area contributed by atoms with E-state index in [4.69, 9.17) is 0 Å². The molecule has 0 spiro atoms. The largest absolute Gasteiger partial charge is 0.371 e. The zero-order chi connectivity index (χ0) is 13.8. The Labute approximate surface area is 121 Å². The van der Waals surface area contributed by atoms with Gasteiger partial charge in [0.2, 0.25) is 0 Å². The molecule has 2 fully saturated rings. The first kappa shape index (κ1) is 13.6. The Bertz CT molecular complexity index is 429. The second kappa shape index (κ2) is 6.40. The van der Waals surface area contributed by atoms with Crippen LogP contribution in [0.15, 0.2) is 24.3 Å². The second-order valence-corrected chi connectivity index (χ2v) is 6.11. The van der Waals surface area contributed by atoms with Crippen molar-refractivity contribution >= 4 is 12.0 Å². The van der Waals surface area contributed by atoms with E-state index in [2.05, 4.69) is 34.1 Å². The molecule has 3 rings (SSSR count). The smallest absolute Gasteiger partial charge is 0.123 e. The van der Waals surface area contributed by atoms with Crippen molar-refractivity contribution in [2.75, 3.05) is 31.1 Å². The summed E-state index contributed by atoms with van der Waals surface area (Å²) >= 11 is 0. The van der Waals surface area contributed by atoms with Gasteiger partial charge in [-0.3, -0.25) is 4.90 Å². The second-order valence-electron chi connectivity index (χ2n) is 6.11. The highest BCUT2D eigenvalue weighted by atomic mass is 16.1. The third-order valence-electron chi connectivity index (χ3n) is 4.64. The normalized spacial score (nSPS) is 21.3. The number of aldehydes is 1. The number of hydrogen-bond donors (Lipinski definition) is 0. The van der Waals surface area contributed by atoms with Gasteiger partial charge in [-0.05, 0) is 56.5 Å². The minimum Gasteiger partial charge on any atom is -0.371 e. The van der Waals surface area contributed by atoms with Gasteiger partial charge in [-0.2, -0.15) is 0 Å². The van der Waals surface area contributed by atoms with Crippen molar-refractivity contribution in [1.29, 1.82) is 0 Å². The van der Waals surface area contributed by atoms with E-state index in [0.29, 0.717) is 0 Å². The van der Waals surface area contributed by atoms with Gasteiger partial charge in [0.1, 0.15) is 6.29 Å². The standard InChI is InChI=1S/C17H24N2O/c20-14-16-7-11-19(12-8-16)17-5-3-15(4-6-17)13-18-9-1-2-10-18/h3-6,14,16H,1-2,7-13H2. The van der Waals surface area contributed by atoms with Crippen LogP contribution in [0.25, 0.3) is 0 Å². The first-order valence-electron chi connectivity index (χ1n) is 7.87. The lowest BCUT2D eigenvalue weighted by Crippen LogP contribution is -2.34. The van der Waals surface area contributed by atoms with Gasteiger partial charge in [0.05, 0.1) is 0 Å². The van der Waals surface area contributed by atoms with Crippen molar-refractivity contribution in [3.63, 3.8) is 0 Å². The van der Waals surface area contributed by atoms with Crippen LogP contribution in [0, 0.1) is 5.92 Å². The molecule has 0 atom stereocenters. The number of piperidine rings is 1. The van der Waals surface area contributed by atoms with Crippen molar-refractivity contribution in [2.45, 2.75) is 32.2 Å². The van der Waals surface area contributed by atoms with Gasteiger partial charge in [0, 0.05) is 31.2 Å². The van der Waals surface area contributed by atoms with Gasteiger partial charge < -0.3 is 9.69 Å². The summed E-state index contributed by atoms with van der Waals surface area (Å²) in [5, 5.41) is 0. The number of benzene rings is 1. The minimum atomic E-state index is 0.278. The number of likely N-dealkylation sites (tertiary alicyclic amines) is 1. The molecular weight excluding hydrogens is 248 g/mol. The lowest BCUT2D eigenvalue weighted by atomic mass is 9.98. The molecule has 0 unspecified atom stereocenters. The Hall–Kier alpha value is -1.35. The van der Waals surface area contributed by atoms with Crippen LogP contribution < -0.4 is 4.90 Å². The summed E-state index contributed by atoms with van der Waals surface area (Å²) in [6.07, 6.45) is 5.82. The first-order chi connectivity index (χ1) is 9.85. The summed E-state index contributed by atoms with van der Waals surface area (Å²) in [6.45, 7) is 5.61. The number of anilines is 1. The Balaban J connectivity index is 1.57. The quantitative estimate of drug-likeness (QED) is 0.787. The summed E-state index contributed by atoms with van der Waals surface area (Å²) in [7, 11) is 0. The molecule has 0 aromatic heterocycles. The van der Waals surface area contributed by atoms with Crippen LogP contribution in [0.4, 0.5) is 5.69 Å². The van der Waals surface area contributed by atoms with Crippen LogP contribution in [0.2, 0.25) is 0 Å². The van der Waals surface area contributed by atoms with Crippen LogP contribution >= 0.6 is 0 Å². The highest BCUT2D eigenvalue weighted by Crippen LogP contribution is 2.23. The SMILES string of the molecule is O=CC1CCN(c2ccc(CN3CCCC3)cc2)CC1. The van der Waals surface area contributed by atoms with E-state index in [1.807, 2.05) is 0 Å². The number of carbonyl (C=O) groups is 1. The molecule has 2 aliphatic rings. The maximum Gasteiger partial charge on any atom is 0.123 e. The predicted octanol–water partition coefficient (Wildman–Crippen LogP) is 2.70. The van der Waals surface area contributed by atoms with Gasteiger partial charge >= 0.3 is 0 Å². The highest BCUT2D eigenvalue weighted by Gasteiger charge is 2.18. The lowest BCUT2D eigenvalue weighted by Gasteiger charge is -2.31. The fraction of sp³-hybridized carbons (Fsp3) is 0.588. The van der Waals surface area contributed by atoms with E-state index in [9.17, 15) is 4.79 Å². The van der Waals surface area contributed by atoms with E-state index in [0.717, 1.165) is 38.8 Å². The molecule has 108 valence electrons. The molecule has 0 radical (unpaired) electrons. The van der Waals surface area contributed by atoms with Crippen molar-refractivity contribution in [3.8, 4) is 0 Å². The average Bonchev–Trinajstić information content (AvgIpc) is 3.01. The molecule has 1 aromatic carbocycles. The van der Waals surface area contributed by atoms with Crippen LogP contribution in [0.1, 0.15) is 31.2 Å². The van der Waals surface area contributed by atoms with Crippen molar-refractivity contribution in [1.82, 2.24) is 4.90 Å². The molecular formula is C17H24N2O. The van der Waals surface area contributed by atoms with Crippen molar-refractivity contribution in [3.05, 3.63) is 29.8 Å². The van der Waals surface area contributed by atoms with Crippen LogP contribution in [0.5, 0.6) is 0 Å². The number of hydrogen-bond acceptors (Lipinski definition) is 3. The molecule has 0 N–H and O–H groups in total. The fourth-order valence-corrected chi connectivity index (χ4v) is 3.30. The first-order valence-corrected chi connectivity index (χ1v) is 7.87. The van der Waals surface area contributed by atoms with E-state index < -0.39 is 0 Å². The van der Waals surface area contributed by atoms with Crippen molar-refractivity contribution in [2.24, 2.45) is 5.92 Å². The Morgan fingerprint density at radius 3 is 2.25 bits per heavy atom. The highest BCUT2D eigenvalue weighted by molar-refractivity contribution is 5.55. The van der Waals surface area contributed by atoms with E-state index in [1.165, 1.54) is 37.2 Å². The molecule has 20 heavy (non-hydrogen) atoms. The number of rotatable bonds is 4. The molecule has 0 bridgehead atoms. The Morgan fingerprint density at radius 1 is 1.00 bits per heavy atom. The third-order valence-corrected chi connectivity index (χ3v) is 4.64. The zero-order valence-corrected chi connectivity index (χ0v) is 12.1. The van der Waals surface area contributed by atoms with Gasteiger partial charge in [0.25, 0.3) is 0 Å². The average molecular weight is 272 g/mol. The molecule has 0 saturated carbocycles. The molecule has 1 aromatic rings. The number of nitrogens with zero attached hydrogens (tertiary/aromatic N) is 2. The maximum atomic E-state index is 10.8. The van der Waals surface area contributed by atoms with Gasteiger partial charge in [-0.1, -0.05) is 12.1 Å². The van der Waals surface area contributed by atoms with E-state index in [1.54, 1.807) is 0 Å². The Kier molecular flexibility index (Phi) is 4.36. The summed E-state index contributed by atoms with van der Waals surface area (Å²) < 4.78 is 0. The van der Waals surface area contributed by atoms with Crippen LogP contribution in [0.3, 0.4) is 0 Å². The van der Waals surface area contributed by atoms with E-state index in [-0.39, 0.29) is 5.92 Å². The van der Waals surface area contributed by atoms with Crippen molar-refractivity contribution < 1.29 is 4.79 Å². The fourth-order valence-electron chi connectivity index (χ4n) is 3.30. The number of carbonyl (C=O) groups excluding carboxylic acids is 1. The summed E-state index contributed by atoms with van der Waals surface area (Å²) in [4.78, 5) is 15.7. The topological polar surface area (TPSA) is 23.6 Å². The minimum absolute atomic E-state index is 0.278. The summed E-state index contributed by atoms with van der Waals surface area (Å²) in [6, 6.07) is 9.01. The zero-order valence-electron chi connectivity index (χ0n) is 12.1. The van der Waals surface area contributed by atoms with Crippen LogP contribution in [-0.2, 0) is 11.3 Å². The molecule has 2 heterocycles. The molecule has 0 aliphatic carbocycles. The third kappa shape index (κ3) is 3.21. The van der Waals surface area contributed by atoms with Crippen LogP contribution in [-0.4, -0.2) is 37.4 Å². The molecule has 2 aliphatic heterocycles. The lowest BCUT2D eigenvalue weighted by molar-refractivity contribution is -0.111.